The fourth-order valence-corrected chi connectivity index (χ4v) is 2.98. The molecule has 0 heterocycles. The van der Waals surface area contributed by atoms with Crippen molar-refractivity contribution >= 4 is 5.78 Å². The highest BCUT2D eigenvalue weighted by Crippen LogP contribution is 2.44. The lowest BCUT2D eigenvalue weighted by Gasteiger charge is -2.19. The van der Waals surface area contributed by atoms with Crippen LogP contribution in [0.1, 0.15) is 54.7 Å². The molecule has 0 aliphatic rings. The van der Waals surface area contributed by atoms with Gasteiger partial charge in [0, 0.05) is 16.7 Å². The Labute approximate surface area is 166 Å². The molecule has 2 aromatic rings. The Morgan fingerprint density at radius 2 is 1.43 bits per heavy atom. The minimum Gasteiger partial charge on any atom is -0.507 e. The Kier molecular flexibility index (Phi) is 7.05. The van der Waals surface area contributed by atoms with Gasteiger partial charge >= 0.3 is 0 Å². The summed E-state index contributed by atoms with van der Waals surface area (Å²) in [5.41, 5.74) is 3.49. The summed E-state index contributed by atoms with van der Waals surface area (Å²) >= 11 is 0. The summed E-state index contributed by atoms with van der Waals surface area (Å²) in [6.45, 7) is 7.81. The Balaban J connectivity index is 2.78. The minimum atomic E-state index is -0.341. The molecule has 28 heavy (non-hydrogen) atoms. The quantitative estimate of drug-likeness (QED) is 0.502. The lowest BCUT2D eigenvalue weighted by atomic mass is 9.91. The highest BCUT2D eigenvalue weighted by atomic mass is 16.5. The first-order valence-corrected chi connectivity index (χ1v) is 9.28. The van der Waals surface area contributed by atoms with Crippen molar-refractivity contribution in [1.29, 1.82) is 0 Å². The molecule has 4 nitrogen and oxygen atoms in total. The molecule has 0 atom stereocenters. The summed E-state index contributed by atoms with van der Waals surface area (Å²) in [7, 11) is 1.44. The average molecular weight is 380 g/mol. The van der Waals surface area contributed by atoms with Gasteiger partial charge in [-0.1, -0.05) is 53.6 Å². The van der Waals surface area contributed by atoms with Crippen molar-refractivity contribution in [3.05, 3.63) is 75.9 Å². The fraction of sp³-hybridized carbons (Fsp3) is 0.292. The van der Waals surface area contributed by atoms with E-state index in [4.69, 9.17) is 4.74 Å². The Hall–Kier alpha value is -3.01. The van der Waals surface area contributed by atoms with E-state index < -0.39 is 0 Å². The zero-order valence-corrected chi connectivity index (χ0v) is 17.2. The molecule has 0 bridgehead atoms. The van der Waals surface area contributed by atoms with Crippen molar-refractivity contribution in [2.45, 2.75) is 40.5 Å². The summed E-state index contributed by atoms with van der Waals surface area (Å²) in [6.07, 6.45) is 4.58. The van der Waals surface area contributed by atoms with Crippen LogP contribution in [0.25, 0.3) is 0 Å². The van der Waals surface area contributed by atoms with Crippen molar-refractivity contribution in [2.24, 2.45) is 0 Å². The van der Waals surface area contributed by atoms with Crippen molar-refractivity contribution in [1.82, 2.24) is 0 Å². The summed E-state index contributed by atoms with van der Waals surface area (Å²) in [6, 6.07) is 8.75. The summed E-state index contributed by atoms with van der Waals surface area (Å²) in [4.78, 5) is 13.2. The van der Waals surface area contributed by atoms with E-state index in [-0.39, 0.29) is 28.6 Å². The molecule has 2 N–H and O–H groups in total. The van der Waals surface area contributed by atoms with Crippen LogP contribution in [0.2, 0.25) is 0 Å². The largest absolute Gasteiger partial charge is 0.507 e. The van der Waals surface area contributed by atoms with E-state index in [1.54, 1.807) is 24.3 Å². The van der Waals surface area contributed by atoms with Crippen LogP contribution >= 0.6 is 0 Å². The van der Waals surface area contributed by atoms with Crippen LogP contribution in [-0.4, -0.2) is 23.1 Å². The third kappa shape index (κ3) is 4.63. The van der Waals surface area contributed by atoms with Crippen LogP contribution in [-0.2, 0) is 12.8 Å². The SMILES string of the molecule is COc1c(CC=C(C)C)c(O)c(CC=C(C)C)c(O)c1C(=O)c1ccccc1. The minimum absolute atomic E-state index is 0.0334. The maximum Gasteiger partial charge on any atom is 0.200 e. The van der Waals surface area contributed by atoms with Crippen molar-refractivity contribution in [3.8, 4) is 17.2 Å². The van der Waals surface area contributed by atoms with Gasteiger partial charge in [-0.2, -0.15) is 0 Å². The summed E-state index contributed by atoms with van der Waals surface area (Å²) in [5, 5.41) is 21.8. The number of carbonyl (C=O) groups is 1. The van der Waals surface area contributed by atoms with Gasteiger partial charge in [0.2, 0.25) is 5.78 Å². The molecular formula is C24H28O4. The molecule has 0 aliphatic carbocycles. The van der Waals surface area contributed by atoms with Crippen molar-refractivity contribution in [3.63, 3.8) is 0 Å². The molecule has 2 aromatic carbocycles. The Morgan fingerprint density at radius 3 is 1.93 bits per heavy atom. The predicted octanol–water partition coefficient (Wildman–Crippen LogP) is 5.35. The molecule has 2 rings (SSSR count). The number of allylic oxidation sites excluding steroid dienone is 4. The molecule has 148 valence electrons. The van der Waals surface area contributed by atoms with E-state index in [9.17, 15) is 15.0 Å². The standard InChI is InChI=1S/C24H28O4/c1-15(2)11-13-18-22(26)19(14-12-16(3)4)24(28-5)20(23(18)27)21(25)17-9-7-6-8-10-17/h6-12,26-27H,13-14H2,1-5H3. The zero-order chi connectivity index (χ0) is 20.8. The number of ether oxygens (including phenoxy) is 1. The molecule has 0 spiro atoms. The highest BCUT2D eigenvalue weighted by molar-refractivity contribution is 6.13. The molecule has 4 heteroatoms. The fourth-order valence-electron chi connectivity index (χ4n) is 2.98. The van der Waals surface area contributed by atoms with Gasteiger partial charge in [-0.15, -0.1) is 0 Å². The van der Waals surface area contributed by atoms with Gasteiger partial charge in [0.1, 0.15) is 22.8 Å². The van der Waals surface area contributed by atoms with E-state index in [1.165, 1.54) is 7.11 Å². The number of hydrogen-bond donors (Lipinski definition) is 2. The molecule has 0 aliphatic heterocycles. The van der Waals surface area contributed by atoms with Crippen LogP contribution in [0.15, 0.2) is 53.6 Å². The molecule has 0 radical (unpaired) electrons. The lowest BCUT2D eigenvalue weighted by Crippen LogP contribution is -2.09. The van der Waals surface area contributed by atoms with Crippen LogP contribution < -0.4 is 4.74 Å². The smallest absolute Gasteiger partial charge is 0.200 e. The van der Waals surface area contributed by atoms with E-state index >= 15 is 0 Å². The Morgan fingerprint density at radius 1 is 0.893 bits per heavy atom. The van der Waals surface area contributed by atoms with Crippen LogP contribution in [0.4, 0.5) is 0 Å². The molecule has 0 saturated carbocycles. The first kappa shape index (κ1) is 21.3. The van der Waals surface area contributed by atoms with E-state index in [0.29, 0.717) is 29.5 Å². The second kappa shape index (κ2) is 9.27. The van der Waals surface area contributed by atoms with E-state index in [0.717, 1.165) is 11.1 Å². The second-order valence-corrected chi connectivity index (χ2v) is 7.23. The lowest BCUT2D eigenvalue weighted by molar-refractivity contribution is 0.103. The summed E-state index contributed by atoms with van der Waals surface area (Å²) in [5.74, 6) is -0.398. The number of benzene rings is 2. The number of rotatable bonds is 7. The van der Waals surface area contributed by atoms with Gasteiger partial charge in [0.25, 0.3) is 0 Å². The molecule has 0 unspecified atom stereocenters. The number of aromatic hydroxyl groups is 2. The number of ketones is 1. The maximum absolute atomic E-state index is 13.2. The van der Waals surface area contributed by atoms with Crippen LogP contribution in [0, 0.1) is 0 Å². The first-order chi connectivity index (χ1) is 13.3. The third-order valence-electron chi connectivity index (χ3n) is 4.49. The van der Waals surface area contributed by atoms with Crippen molar-refractivity contribution in [2.75, 3.05) is 7.11 Å². The number of carbonyl (C=O) groups excluding carboxylic acids is 1. The molecule has 0 fully saturated rings. The van der Waals surface area contributed by atoms with Gasteiger partial charge in [0.15, 0.2) is 0 Å². The van der Waals surface area contributed by atoms with Gasteiger partial charge in [-0.05, 0) is 40.5 Å². The van der Waals surface area contributed by atoms with E-state index in [1.807, 2.05) is 45.9 Å². The van der Waals surface area contributed by atoms with Crippen molar-refractivity contribution < 1.29 is 19.7 Å². The predicted molar refractivity (Wildman–Crippen MR) is 112 cm³/mol. The average Bonchev–Trinajstić information content (AvgIpc) is 2.66. The summed E-state index contributed by atoms with van der Waals surface area (Å²) < 4.78 is 5.51. The number of phenolic OH excluding ortho intramolecular Hbond substituents is 2. The monoisotopic (exact) mass is 380 g/mol. The number of methoxy groups -OCH3 is 1. The second-order valence-electron chi connectivity index (χ2n) is 7.23. The third-order valence-corrected chi connectivity index (χ3v) is 4.49. The number of hydrogen-bond acceptors (Lipinski definition) is 4. The van der Waals surface area contributed by atoms with Crippen LogP contribution in [0.3, 0.4) is 0 Å². The molecular weight excluding hydrogens is 352 g/mol. The van der Waals surface area contributed by atoms with E-state index in [2.05, 4.69) is 0 Å². The Bertz CT molecular complexity index is 914. The van der Waals surface area contributed by atoms with Gasteiger partial charge in [-0.3, -0.25) is 4.79 Å². The first-order valence-electron chi connectivity index (χ1n) is 9.28. The maximum atomic E-state index is 13.2. The molecule has 0 amide bonds. The van der Waals surface area contributed by atoms with Gasteiger partial charge in [0.05, 0.1) is 7.11 Å². The number of phenols is 2. The highest BCUT2D eigenvalue weighted by Gasteiger charge is 2.28. The molecule has 0 saturated heterocycles. The normalized spacial score (nSPS) is 10.3. The topological polar surface area (TPSA) is 66.8 Å². The van der Waals surface area contributed by atoms with Gasteiger partial charge < -0.3 is 14.9 Å². The molecule has 0 aromatic heterocycles. The van der Waals surface area contributed by atoms with Gasteiger partial charge in [-0.25, -0.2) is 0 Å². The zero-order valence-electron chi connectivity index (χ0n) is 17.2. The van der Waals surface area contributed by atoms with Crippen LogP contribution in [0.5, 0.6) is 17.2 Å².